The Morgan fingerprint density at radius 3 is 2.25 bits per heavy atom. The molecule has 0 aliphatic rings. The third kappa shape index (κ3) is 4.88. The molecule has 0 unspecified atom stereocenters. The molecule has 0 bridgehead atoms. The minimum absolute atomic E-state index is 0.0441. The molecule has 2 aromatic carbocycles. The summed E-state index contributed by atoms with van der Waals surface area (Å²) in [5.41, 5.74) is 1.95. The molecule has 0 fully saturated rings. The highest BCUT2D eigenvalue weighted by Crippen LogP contribution is 2.34. The third-order valence-electron chi connectivity index (χ3n) is 5.66. The minimum Gasteiger partial charge on any atom is -0.464 e. The van der Waals surface area contributed by atoms with E-state index in [9.17, 15) is 22.6 Å². The van der Waals surface area contributed by atoms with E-state index in [-0.39, 0.29) is 16.3 Å². The average molecular weight is 529 g/mol. The lowest BCUT2D eigenvalue weighted by atomic mass is 9.97. The number of nitrogens with zero attached hydrogens (tertiary/aromatic N) is 2. The lowest BCUT2D eigenvalue weighted by molar-refractivity contribution is 0.0585. The van der Waals surface area contributed by atoms with Crippen molar-refractivity contribution in [1.29, 1.82) is 0 Å². The van der Waals surface area contributed by atoms with Crippen molar-refractivity contribution in [2.75, 3.05) is 20.1 Å². The predicted octanol–water partition coefficient (Wildman–Crippen LogP) is 4.44. The Kier molecular flexibility index (Phi) is 7.21. The molecule has 2 heterocycles. The van der Waals surface area contributed by atoms with E-state index in [4.69, 9.17) is 21.1 Å². The fraction of sp³-hybridized carbons (Fsp3) is 0.200. The minimum atomic E-state index is -4.55. The Labute approximate surface area is 211 Å². The van der Waals surface area contributed by atoms with Crippen molar-refractivity contribution in [3.05, 3.63) is 65.5 Å². The van der Waals surface area contributed by atoms with Crippen LogP contribution in [0.15, 0.2) is 53.4 Å². The summed E-state index contributed by atoms with van der Waals surface area (Å²) in [6.07, 6.45) is 0.878. The lowest BCUT2D eigenvalue weighted by Crippen LogP contribution is -2.07. The number of halogens is 1. The van der Waals surface area contributed by atoms with Crippen LogP contribution in [0.25, 0.3) is 32.9 Å². The number of fused-ring (bicyclic) bond motifs is 3. The molecule has 0 aliphatic heterocycles. The summed E-state index contributed by atoms with van der Waals surface area (Å²) in [6, 6.07) is 12.8. The molecular formula is C25H21ClN2O7S. The highest BCUT2D eigenvalue weighted by Gasteiger charge is 2.21. The molecule has 0 aliphatic carbocycles. The van der Waals surface area contributed by atoms with Crippen molar-refractivity contribution in [2.45, 2.75) is 17.7 Å². The van der Waals surface area contributed by atoms with Gasteiger partial charge in [-0.1, -0.05) is 30.3 Å². The van der Waals surface area contributed by atoms with Gasteiger partial charge < -0.3 is 9.47 Å². The van der Waals surface area contributed by atoms with Gasteiger partial charge in [-0.3, -0.25) is 4.55 Å². The van der Waals surface area contributed by atoms with Gasteiger partial charge in [0.15, 0.2) is 0 Å². The number of aromatic nitrogens is 2. The zero-order valence-corrected chi connectivity index (χ0v) is 20.9. The van der Waals surface area contributed by atoms with Crippen LogP contribution < -0.4 is 0 Å². The lowest BCUT2D eigenvalue weighted by Gasteiger charge is -2.14. The first-order valence-electron chi connectivity index (χ1n) is 10.8. The van der Waals surface area contributed by atoms with Crippen LogP contribution in [0.1, 0.15) is 33.0 Å². The molecule has 0 saturated heterocycles. The van der Waals surface area contributed by atoms with E-state index in [1.807, 2.05) is 0 Å². The predicted molar refractivity (Wildman–Crippen MR) is 134 cm³/mol. The van der Waals surface area contributed by atoms with Gasteiger partial charge in [-0.2, -0.15) is 8.42 Å². The van der Waals surface area contributed by atoms with Gasteiger partial charge >= 0.3 is 11.9 Å². The topological polar surface area (TPSA) is 133 Å². The molecule has 4 aromatic rings. The summed E-state index contributed by atoms with van der Waals surface area (Å²) in [5.74, 6) is -1.02. The molecule has 4 rings (SSSR count). The number of methoxy groups -OCH3 is 2. The monoisotopic (exact) mass is 528 g/mol. The van der Waals surface area contributed by atoms with Gasteiger partial charge in [0.1, 0.15) is 11.4 Å². The van der Waals surface area contributed by atoms with Gasteiger partial charge in [-0.05, 0) is 47.7 Å². The number of alkyl halides is 1. The van der Waals surface area contributed by atoms with Crippen LogP contribution in [0.2, 0.25) is 0 Å². The first-order valence-corrected chi connectivity index (χ1v) is 12.7. The second-order valence-electron chi connectivity index (χ2n) is 7.86. The van der Waals surface area contributed by atoms with Crippen molar-refractivity contribution in [3.63, 3.8) is 0 Å². The number of aryl methyl sites for hydroxylation is 1. The van der Waals surface area contributed by atoms with Crippen LogP contribution in [-0.2, 0) is 26.0 Å². The van der Waals surface area contributed by atoms with E-state index in [1.165, 1.54) is 32.4 Å². The van der Waals surface area contributed by atoms with Crippen molar-refractivity contribution >= 4 is 55.5 Å². The number of rotatable bonds is 7. The van der Waals surface area contributed by atoms with Gasteiger partial charge in [0.25, 0.3) is 10.1 Å². The number of carbonyl (C=O) groups is 2. The van der Waals surface area contributed by atoms with Crippen LogP contribution in [0, 0.1) is 0 Å². The Morgan fingerprint density at radius 2 is 1.58 bits per heavy atom. The zero-order valence-electron chi connectivity index (χ0n) is 19.3. The van der Waals surface area contributed by atoms with Crippen LogP contribution in [0.3, 0.4) is 0 Å². The Bertz CT molecular complexity index is 1620. The molecule has 0 atom stereocenters. The molecule has 0 spiro atoms. The molecule has 0 saturated carbocycles. The molecule has 9 nitrogen and oxygen atoms in total. The number of hydrogen-bond acceptors (Lipinski definition) is 8. The van der Waals surface area contributed by atoms with E-state index < -0.39 is 22.1 Å². The van der Waals surface area contributed by atoms with Gasteiger partial charge in [0, 0.05) is 16.7 Å². The molecule has 0 amide bonds. The first-order chi connectivity index (χ1) is 17.2. The van der Waals surface area contributed by atoms with Crippen molar-refractivity contribution in [3.8, 4) is 11.1 Å². The summed E-state index contributed by atoms with van der Waals surface area (Å²) in [4.78, 5) is 33.1. The van der Waals surface area contributed by atoms with Crippen molar-refractivity contribution in [1.82, 2.24) is 9.97 Å². The highest BCUT2D eigenvalue weighted by molar-refractivity contribution is 7.85. The quantitative estimate of drug-likeness (QED) is 0.160. The summed E-state index contributed by atoms with van der Waals surface area (Å²) >= 11 is 5.76. The standard InChI is InChI=1S/C25H21ClN2O7S/c1-34-24(29)19-10-8-15-7-9-17-18(13-20(25(30)35-2)28-23(17)22(15)27-19)16-6-5-14(4-3-11-26)21(12-16)36(31,32)33/h5-10,12-13H,3-4,11H2,1-2H3,(H,31,32,33). The zero-order chi connectivity index (χ0) is 26.0. The van der Waals surface area contributed by atoms with Crippen LogP contribution >= 0.6 is 11.6 Å². The highest BCUT2D eigenvalue weighted by atomic mass is 35.5. The van der Waals surface area contributed by atoms with E-state index in [0.717, 1.165) is 0 Å². The van der Waals surface area contributed by atoms with Gasteiger partial charge in [0.05, 0.1) is 30.1 Å². The Balaban J connectivity index is 2.05. The van der Waals surface area contributed by atoms with Crippen molar-refractivity contribution < 1.29 is 32.0 Å². The summed E-state index contributed by atoms with van der Waals surface area (Å²) < 4.78 is 43.9. The molecule has 2 aromatic heterocycles. The number of hydrogen-bond donors (Lipinski definition) is 1. The molecule has 11 heteroatoms. The van der Waals surface area contributed by atoms with Crippen LogP contribution in [-0.4, -0.2) is 55.0 Å². The fourth-order valence-electron chi connectivity index (χ4n) is 3.96. The van der Waals surface area contributed by atoms with E-state index in [0.29, 0.717) is 57.2 Å². The summed E-state index contributed by atoms with van der Waals surface area (Å²) in [5, 5.41) is 1.20. The number of esters is 2. The van der Waals surface area contributed by atoms with Crippen molar-refractivity contribution in [2.24, 2.45) is 0 Å². The summed E-state index contributed by atoms with van der Waals surface area (Å²) in [7, 11) is -2.09. The maximum absolute atomic E-state index is 12.5. The largest absolute Gasteiger partial charge is 0.464 e. The van der Waals surface area contributed by atoms with Crippen LogP contribution in [0.4, 0.5) is 0 Å². The molecule has 36 heavy (non-hydrogen) atoms. The SMILES string of the molecule is COC(=O)c1ccc2ccc3c(-c4ccc(CCCCl)c(S(=O)(=O)O)c4)cc(C(=O)OC)nc3c2n1. The van der Waals surface area contributed by atoms with E-state index >= 15 is 0 Å². The molecular weight excluding hydrogens is 508 g/mol. The summed E-state index contributed by atoms with van der Waals surface area (Å²) in [6.45, 7) is 0. The Hall–Kier alpha value is -3.60. The normalized spacial score (nSPS) is 11.6. The fourth-order valence-corrected chi connectivity index (χ4v) is 4.87. The van der Waals surface area contributed by atoms with Gasteiger partial charge in [-0.25, -0.2) is 19.6 Å². The number of carbonyl (C=O) groups excluding carboxylic acids is 2. The first kappa shape index (κ1) is 25.5. The second kappa shape index (κ2) is 10.2. The molecule has 186 valence electrons. The molecule has 1 N–H and O–H groups in total. The smallest absolute Gasteiger partial charge is 0.356 e. The average Bonchev–Trinajstić information content (AvgIpc) is 2.89. The number of ether oxygens (including phenoxy) is 2. The second-order valence-corrected chi connectivity index (χ2v) is 9.63. The van der Waals surface area contributed by atoms with Gasteiger partial charge in [-0.15, -0.1) is 11.6 Å². The number of benzene rings is 2. The third-order valence-corrected chi connectivity index (χ3v) is 6.87. The maximum atomic E-state index is 12.5. The molecule has 0 radical (unpaired) electrons. The van der Waals surface area contributed by atoms with E-state index in [1.54, 1.807) is 30.3 Å². The maximum Gasteiger partial charge on any atom is 0.356 e. The number of pyridine rings is 2. The Morgan fingerprint density at radius 1 is 0.917 bits per heavy atom. The van der Waals surface area contributed by atoms with Gasteiger partial charge in [0.2, 0.25) is 0 Å². The van der Waals surface area contributed by atoms with E-state index in [2.05, 4.69) is 9.97 Å². The van der Waals surface area contributed by atoms with Crippen LogP contribution in [0.5, 0.6) is 0 Å².